The molecule has 2 rings (SSSR count). The summed E-state index contributed by atoms with van der Waals surface area (Å²) in [4.78, 5) is 16.0. The van der Waals surface area contributed by atoms with Crippen molar-refractivity contribution in [2.45, 2.75) is 24.3 Å². The number of morpholine rings is 1. The fourth-order valence-electron chi connectivity index (χ4n) is 2.49. The number of rotatable bonds is 6. The molecule has 1 aromatic rings. The standard InChI is InChI=1S/C16H23NO3S/c1-16(2,17-7-10-20-11-8-17)15(19)13-3-5-14(6-4-13)21-12-9-18/h3-6,18H,7-12H2,1-2H3. The number of benzene rings is 1. The first-order chi connectivity index (χ1) is 10.1. The molecule has 1 N–H and O–H groups in total. The van der Waals surface area contributed by atoms with Crippen molar-refractivity contribution in [3.63, 3.8) is 0 Å². The Kier molecular flexibility index (Phi) is 5.81. The smallest absolute Gasteiger partial charge is 0.182 e. The zero-order chi connectivity index (χ0) is 15.3. The van der Waals surface area contributed by atoms with Gasteiger partial charge in [-0.05, 0) is 26.0 Å². The zero-order valence-corrected chi connectivity index (χ0v) is 13.5. The van der Waals surface area contributed by atoms with Gasteiger partial charge in [0, 0.05) is 29.3 Å². The maximum atomic E-state index is 12.8. The molecule has 0 atom stereocenters. The number of thioether (sulfide) groups is 1. The predicted octanol–water partition coefficient (Wildman–Crippen LogP) is 2.06. The molecule has 0 bridgehead atoms. The number of ether oxygens (including phenoxy) is 1. The van der Waals surface area contributed by atoms with Crippen LogP contribution in [0.25, 0.3) is 0 Å². The highest BCUT2D eigenvalue weighted by molar-refractivity contribution is 7.99. The third-order valence-corrected chi connectivity index (χ3v) is 4.83. The number of nitrogens with zero attached hydrogens (tertiary/aromatic N) is 1. The lowest BCUT2D eigenvalue weighted by Gasteiger charge is -2.39. The fourth-order valence-corrected chi connectivity index (χ4v) is 3.14. The topological polar surface area (TPSA) is 49.8 Å². The van der Waals surface area contributed by atoms with E-state index >= 15 is 0 Å². The van der Waals surface area contributed by atoms with Crippen LogP contribution in [-0.4, -0.2) is 60.0 Å². The van der Waals surface area contributed by atoms with Crippen LogP contribution < -0.4 is 0 Å². The summed E-state index contributed by atoms with van der Waals surface area (Å²) in [5.41, 5.74) is 0.226. The van der Waals surface area contributed by atoms with E-state index in [1.807, 2.05) is 38.1 Å². The SMILES string of the molecule is CC(C)(C(=O)c1ccc(SCCO)cc1)N1CCOCC1. The molecule has 5 heteroatoms. The molecule has 21 heavy (non-hydrogen) atoms. The van der Waals surface area contributed by atoms with E-state index in [2.05, 4.69) is 4.90 Å². The summed E-state index contributed by atoms with van der Waals surface area (Å²) >= 11 is 1.59. The molecule has 1 aliphatic rings. The molecule has 1 fully saturated rings. The summed E-state index contributed by atoms with van der Waals surface area (Å²) in [6, 6.07) is 7.65. The number of hydrogen-bond acceptors (Lipinski definition) is 5. The first-order valence-corrected chi connectivity index (χ1v) is 8.25. The van der Waals surface area contributed by atoms with Crippen LogP contribution in [0.1, 0.15) is 24.2 Å². The minimum Gasteiger partial charge on any atom is -0.396 e. The number of ketones is 1. The van der Waals surface area contributed by atoms with E-state index in [0.717, 1.165) is 23.5 Å². The Bertz CT molecular complexity index is 467. The van der Waals surface area contributed by atoms with Crippen molar-refractivity contribution in [2.75, 3.05) is 38.7 Å². The molecule has 1 saturated heterocycles. The van der Waals surface area contributed by atoms with Gasteiger partial charge in [0.2, 0.25) is 0 Å². The lowest BCUT2D eigenvalue weighted by atomic mass is 9.91. The van der Waals surface area contributed by atoms with Gasteiger partial charge in [-0.15, -0.1) is 11.8 Å². The number of hydrogen-bond donors (Lipinski definition) is 1. The third kappa shape index (κ3) is 4.07. The molecule has 116 valence electrons. The molecule has 0 saturated carbocycles. The second kappa shape index (κ2) is 7.40. The van der Waals surface area contributed by atoms with Gasteiger partial charge < -0.3 is 9.84 Å². The van der Waals surface area contributed by atoms with Gasteiger partial charge in [0.05, 0.1) is 25.4 Å². The summed E-state index contributed by atoms with van der Waals surface area (Å²) in [7, 11) is 0. The highest BCUT2D eigenvalue weighted by Gasteiger charge is 2.35. The first-order valence-electron chi connectivity index (χ1n) is 7.27. The van der Waals surface area contributed by atoms with Crippen molar-refractivity contribution in [1.29, 1.82) is 0 Å². The van der Waals surface area contributed by atoms with Gasteiger partial charge in [0.1, 0.15) is 0 Å². The Morgan fingerprint density at radius 2 is 1.90 bits per heavy atom. The number of Topliss-reactive ketones (excluding diaryl/α,β-unsaturated/α-hetero) is 1. The zero-order valence-electron chi connectivity index (χ0n) is 12.7. The normalized spacial score (nSPS) is 16.9. The van der Waals surface area contributed by atoms with Crippen molar-refractivity contribution >= 4 is 17.5 Å². The summed E-state index contributed by atoms with van der Waals surface area (Å²) in [5, 5.41) is 8.83. The lowest BCUT2D eigenvalue weighted by molar-refractivity contribution is -0.00430. The van der Waals surface area contributed by atoms with E-state index in [0.29, 0.717) is 19.0 Å². The van der Waals surface area contributed by atoms with Crippen molar-refractivity contribution in [1.82, 2.24) is 4.90 Å². The number of carbonyl (C=O) groups excluding carboxylic acids is 1. The quantitative estimate of drug-likeness (QED) is 0.644. The van der Waals surface area contributed by atoms with E-state index in [4.69, 9.17) is 9.84 Å². The second-order valence-electron chi connectivity index (χ2n) is 5.58. The highest BCUT2D eigenvalue weighted by Crippen LogP contribution is 2.24. The van der Waals surface area contributed by atoms with Gasteiger partial charge in [-0.3, -0.25) is 9.69 Å². The van der Waals surface area contributed by atoms with Gasteiger partial charge in [-0.1, -0.05) is 12.1 Å². The van der Waals surface area contributed by atoms with E-state index in [1.165, 1.54) is 0 Å². The first kappa shape index (κ1) is 16.5. The monoisotopic (exact) mass is 309 g/mol. The van der Waals surface area contributed by atoms with Crippen molar-refractivity contribution < 1.29 is 14.6 Å². The van der Waals surface area contributed by atoms with Crippen molar-refractivity contribution in [3.8, 4) is 0 Å². The minimum atomic E-state index is -0.510. The predicted molar refractivity (Wildman–Crippen MR) is 85.1 cm³/mol. The van der Waals surface area contributed by atoms with Crippen LogP contribution in [0.2, 0.25) is 0 Å². The van der Waals surface area contributed by atoms with Crippen molar-refractivity contribution in [3.05, 3.63) is 29.8 Å². The van der Waals surface area contributed by atoms with Gasteiger partial charge in [0.25, 0.3) is 0 Å². The largest absolute Gasteiger partial charge is 0.396 e. The molecule has 1 heterocycles. The molecule has 1 aromatic carbocycles. The Morgan fingerprint density at radius 1 is 1.29 bits per heavy atom. The number of carbonyl (C=O) groups is 1. The molecule has 0 spiro atoms. The highest BCUT2D eigenvalue weighted by atomic mass is 32.2. The van der Waals surface area contributed by atoms with Crippen LogP contribution in [0.3, 0.4) is 0 Å². The molecule has 0 aromatic heterocycles. The van der Waals surface area contributed by atoms with Crippen LogP contribution in [-0.2, 0) is 4.74 Å². The molecule has 0 aliphatic carbocycles. The van der Waals surface area contributed by atoms with E-state index in [1.54, 1.807) is 11.8 Å². The van der Waals surface area contributed by atoms with E-state index in [9.17, 15) is 4.79 Å². The molecular formula is C16H23NO3S. The summed E-state index contributed by atoms with van der Waals surface area (Å²) in [6.07, 6.45) is 0. The number of aliphatic hydroxyl groups is 1. The van der Waals surface area contributed by atoms with Crippen LogP contribution in [0, 0.1) is 0 Å². The van der Waals surface area contributed by atoms with Crippen LogP contribution >= 0.6 is 11.8 Å². The Labute approximate surface area is 130 Å². The summed E-state index contributed by atoms with van der Waals surface area (Å²) < 4.78 is 5.36. The van der Waals surface area contributed by atoms with Crippen LogP contribution in [0.15, 0.2) is 29.2 Å². The lowest BCUT2D eigenvalue weighted by Crippen LogP contribution is -2.54. The Balaban J connectivity index is 2.07. The Morgan fingerprint density at radius 3 is 2.48 bits per heavy atom. The summed E-state index contributed by atoms with van der Waals surface area (Å²) in [6.45, 7) is 7.09. The van der Waals surface area contributed by atoms with Crippen LogP contribution in [0.4, 0.5) is 0 Å². The average molecular weight is 309 g/mol. The van der Waals surface area contributed by atoms with Gasteiger partial charge in [-0.25, -0.2) is 0 Å². The third-order valence-electron chi connectivity index (χ3n) is 3.83. The minimum absolute atomic E-state index is 0.142. The molecule has 0 radical (unpaired) electrons. The van der Waals surface area contributed by atoms with E-state index in [-0.39, 0.29) is 12.4 Å². The number of aliphatic hydroxyl groups excluding tert-OH is 1. The van der Waals surface area contributed by atoms with Crippen LogP contribution in [0.5, 0.6) is 0 Å². The molecule has 1 aliphatic heterocycles. The maximum Gasteiger partial charge on any atom is 0.182 e. The van der Waals surface area contributed by atoms with Crippen molar-refractivity contribution in [2.24, 2.45) is 0 Å². The maximum absolute atomic E-state index is 12.8. The Hall–Kier alpha value is -0.880. The molecule has 0 unspecified atom stereocenters. The van der Waals surface area contributed by atoms with Gasteiger partial charge in [-0.2, -0.15) is 0 Å². The average Bonchev–Trinajstić information content (AvgIpc) is 2.53. The summed E-state index contributed by atoms with van der Waals surface area (Å²) in [5.74, 6) is 0.815. The molecule has 0 amide bonds. The molecule has 4 nitrogen and oxygen atoms in total. The van der Waals surface area contributed by atoms with E-state index < -0.39 is 5.54 Å². The molecular weight excluding hydrogens is 286 g/mol. The second-order valence-corrected chi connectivity index (χ2v) is 6.75. The van der Waals surface area contributed by atoms with Gasteiger partial charge >= 0.3 is 0 Å². The van der Waals surface area contributed by atoms with Gasteiger partial charge in [0.15, 0.2) is 5.78 Å². The fraction of sp³-hybridized carbons (Fsp3) is 0.562.